The minimum atomic E-state index is 0.197. The lowest BCUT2D eigenvalue weighted by atomic mass is 10.0. The molecule has 2 aromatic rings. The second-order valence-corrected chi connectivity index (χ2v) is 3.83. The molecule has 86 valence electrons. The van der Waals surface area contributed by atoms with Crippen LogP contribution in [0.2, 0.25) is 0 Å². The molecule has 5 heteroatoms. The van der Waals surface area contributed by atoms with E-state index in [9.17, 15) is 0 Å². The Morgan fingerprint density at radius 1 is 1.18 bits per heavy atom. The first-order chi connectivity index (χ1) is 8.43. The zero-order valence-electron chi connectivity index (χ0n) is 9.21. The Hall–Kier alpha value is -2.17. The lowest BCUT2D eigenvalue weighted by Crippen LogP contribution is -2.21. The van der Waals surface area contributed by atoms with Gasteiger partial charge in [0.15, 0.2) is 0 Å². The predicted molar refractivity (Wildman–Crippen MR) is 62.7 cm³/mol. The number of para-hydroxylation sites is 1. The Morgan fingerprint density at radius 3 is 2.88 bits per heavy atom. The first kappa shape index (κ1) is 10.0. The molecule has 1 aliphatic rings. The standard InChI is InChI=1S/C12H12N4O/c1-2-4-11-9(3-1)10(5-6-17-11)16-12-14-7-13-8-15-12/h1-4,7-8,10H,5-6H2,(H,13,14,15,16). The van der Waals surface area contributed by atoms with Crippen molar-refractivity contribution in [3.05, 3.63) is 42.5 Å². The van der Waals surface area contributed by atoms with Gasteiger partial charge in [-0.1, -0.05) is 18.2 Å². The van der Waals surface area contributed by atoms with Gasteiger partial charge in [-0.3, -0.25) is 0 Å². The highest BCUT2D eigenvalue weighted by molar-refractivity contribution is 5.41. The average Bonchev–Trinajstić information content (AvgIpc) is 2.40. The van der Waals surface area contributed by atoms with Gasteiger partial charge >= 0.3 is 0 Å². The van der Waals surface area contributed by atoms with Crippen LogP contribution in [-0.4, -0.2) is 21.6 Å². The van der Waals surface area contributed by atoms with Gasteiger partial charge in [0.2, 0.25) is 5.95 Å². The summed E-state index contributed by atoms with van der Waals surface area (Å²) >= 11 is 0. The van der Waals surface area contributed by atoms with Crippen LogP contribution < -0.4 is 10.1 Å². The summed E-state index contributed by atoms with van der Waals surface area (Å²) in [7, 11) is 0. The molecule has 5 nitrogen and oxygen atoms in total. The predicted octanol–water partition coefficient (Wildman–Crippen LogP) is 1.81. The number of rotatable bonds is 2. The molecular weight excluding hydrogens is 216 g/mol. The smallest absolute Gasteiger partial charge is 0.226 e. The Balaban J connectivity index is 1.86. The van der Waals surface area contributed by atoms with Crippen LogP contribution in [-0.2, 0) is 0 Å². The molecule has 3 rings (SSSR count). The number of ether oxygens (including phenoxy) is 1. The molecular formula is C12H12N4O. The van der Waals surface area contributed by atoms with Crippen molar-refractivity contribution in [3.63, 3.8) is 0 Å². The van der Waals surface area contributed by atoms with Crippen LogP contribution in [0.3, 0.4) is 0 Å². The maximum atomic E-state index is 5.60. The number of nitrogens with one attached hydrogen (secondary N) is 1. The zero-order chi connectivity index (χ0) is 11.5. The molecule has 0 saturated heterocycles. The number of aromatic nitrogens is 3. The van der Waals surface area contributed by atoms with Crippen molar-refractivity contribution in [2.24, 2.45) is 0 Å². The van der Waals surface area contributed by atoms with E-state index in [1.807, 2.05) is 18.2 Å². The summed E-state index contributed by atoms with van der Waals surface area (Å²) in [5, 5.41) is 3.29. The second kappa shape index (κ2) is 4.37. The number of anilines is 1. The first-order valence-electron chi connectivity index (χ1n) is 5.54. The number of nitrogens with zero attached hydrogens (tertiary/aromatic N) is 3. The van der Waals surface area contributed by atoms with Crippen molar-refractivity contribution >= 4 is 5.95 Å². The molecule has 1 N–H and O–H groups in total. The van der Waals surface area contributed by atoms with Gasteiger partial charge in [0, 0.05) is 12.0 Å². The molecule has 0 saturated carbocycles. The van der Waals surface area contributed by atoms with Crippen molar-refractivity contribution in [3.8, 4) is 5.75 Å². The molecule has 0 radical (unpaired) electrons. The van der Waals surface area contributed by atoms with E-state index in [1.165, 1.54) is 12.7 Å². The summed E-state index contributed by atoms with van der Waals surface area (Å²) in [5.41, 5.74) is 1.15. The summed E-state index contributed by atoms with van der Waals surface area (Å²) in [4.78, 5) is 11.9. The van der Waals surface area contributed by atoms with Crippen LogP contribution >= 0.6 is 0 Å². The average molecular weight is 228 g/mol. The number of fused-ring (bicyclic) bond motifs is 1. The van der Waals surface area contributed by atoms with Gasteiger partial charge in [0.05, 0.1) is 12.6 Å². The Kier molecular flexibility index (Phi) is 2.57. The van der Waals surface area contributed by atoms with E-state index in [0.29, 0.717) is 12.6 Å². The molecule has 1 aromatic carbocycles. The quantitative estimate of drug-likeness (QED) is 0.849. The zero-order valence-corrected chi connectivity index (χ0v) is 9.21. The molecule has 0 amide bonds. The lowest BCUT2D eigenvalue weighted by molar-refractivity contribution is 0.274. The van der Waals surface area contributed by atoms with Crippen molar-refractivity contribution in [2.45, 2.75) is 12.5 Å². The van der Waals surface area contributed by atoms with E-state index in [0.717, 1.165) is 17.7 Å². The SMILES string of the molecule is c1ccc2c(c1)OCCC2Nc1ncncn1. The van der Waals surface area contributed by atoms with Gasteiger partial charge < -0.3 is 10.1 Å². The fraction of sp³-hybridized carbons (Fsp3) is 0.250. The summed E-state index contributed by atoms with van der Waals surface area (Å²) in [6.07, 6.45) is 3.88. The molecule has 0 fully saturated rings. The highest BCUT2D eigenvalue weighted by Gasteiger charge is 2.21. The Labute approximate surface area is 98.9 Å². The molecule has 17 heavy (non-hydrogen) atoms. The fourth-order valence-electron chi connectivity index (χ4n) is 1.96. The molecule has 1 unspecified atom stereocenters. The van der Waals surface area contributed by atoms with E-state index in [-0.39, 0.29) is 6.04 Å². The first-order valence-corrected chi connectivity index (χ1v) is 5.54. The maximum absolute atomic E-state index is 5.60. The number of benzene rings is 1. The molecule has 2 heterocycles. The maximum Gasteiger partial charge on any atom is 0.226 e. The summed E-state index contributed by atoms with van der Waals surface area (Å²) in [6.45, 7) is 0.708. The minimum Gasteiger partial charge on any atom is -0.493 e. The van der Waals surface area contributed by atoms with Crippen molar-refractivity contribution in [1.29, 1.82) is 0 Å². The van der Waals surface area contributed by atoms with Gasteiger partial charge in [-0.25, -0.2) is 15.0 Å². The molecule has 0 spiro atoms. The highest BCUT2D eigenvalue weighted by Crippen LogP contribution is 2.33. The largest absolute Gasteiger partial charge is 0.493 e. The second-order valence-electron chi connectivity index (χ2n) is 3.83. The van der Waals surface area contributed by atoms with Crippen LogP contribution in [0.4, 0.5) is 5.95 Å². The van der Waals surface area contributed by atoms with Gasteiger partial charge in [-0.2, -0.15) is 0 Å². The Bertz CT molecular complexity index is 503. The third-order valence-electron chi connectivity index (χ3n) is 2.76. The summed E-state index contributed by atoms with van der Waals surface area (Å²) in [6, 6.07) is 8.23. The third-order valence-corrected chi connectivity index (χ3v) is 2.76. The summed E-state index contributed by atoms with van der Waals surface area (Å²) < 4.78 is 5.60. The number of hydrogen-bond donors (Lipinski definition) is 1. The fourth-order valence-corrected chi connectivity index (χ4v) is 1.96. The van der Waals surface area contributed by atoms with Gasteiger partial charge in [0.1, 0.15) is 18.4 Å². The van der Waals surface area contributed by atoms with E-state index in [4.69, 9.17) is 4.74 Å². The van der Waals surface area contributed by atoms with Crippen molar-refractivity contribution in [1.82, 2.24) is 15.0 Å². The van der Waals surface area contributed by atoms with Gasteiger partial charge in [0.25, 0.3) is 0 Å². The van der Waals surface area contributed by atoms with Crippen molar-refractivity contribution < 1.29 is 4.74 Å². The van der Waals surface area contributed by atoms with E-state index < -0.39 is 0 Å². The van der Waals surface area contributed by atoms with E-state index in [1.54, 1.807) is 0 Å². The van der Waals surface area contributed by atoms with Crippen molar-refractivity contribution in [2.75, 3.05) is 11.9 Å². The molecule has 1 atom stereocenters. The van der Waals surface area contributed by atoms with E-state index >= 15 is 0 Å². The highest BCUT2D eigenvalue weighted by atomic mass is 16.5. The Morgan fingerprint density at radius 2 is 2.00 bits per heavy atom. The third kappa shape index (κ3) is 2.04. The minimum absolute atomic E-state index is 0.197. The van der Waals surface area contributed by atoms with Gasteiger partial charge in [-0.15, -0.1) is 0 Å². The van der Waals surface area contributed by atoms with Crippen LogP contribution in [0.25, 0.3) is 0 Å². The summed E-state index contributed by atoms with van der Waals surface area (Å²) in [5.74, 6) is 1.53. The van der Waals surface area contributed by atoms with Crippen LogP contribution in [0.1, 0.15) is 18.0 Å². The normalized spacial score (nSPS) is 18.0. The van der Waals surface area contributed by atoms with Gasteiger partial charge in [-0.05, 0) is 6.07 Å². The molecule has 0 aliphatic carbocycles. The topological polar surface area (TPSA) is 59.9 Å². The molecule has 1 aliphatic heterocycles. The monoisotopic (exact) mass is 228 g/mol. The van der Waals surface area contributed by atoms with Crippen LogP contribution in [0.5, 0.6) is 5.75 Å². The van der Waals surface area contributed by atoms with Crippen LogP contribution in [0.15, 0.2) is 36.9 Å². The lowest BCUT2D eigenvalue weighted by Gasteiger charge is -2.26. The number of hydrogen-bond acceptors (Lipinski definition) is 5. The van der Waals surface area contributed by atoms with E-state index in [2.05, 4.69) is 26.3 Å². The van der Waals surface area contributed by atoms with Crippen LogP contribution in [0, 0.1) is 0 Å². The molecule has 0 bridgehead atoms. The molecule has 1 aromatic heterocycles.